The maximum absolute atomic E-state index is 5.46. The Bertz CT molecular complexity index is 757. The molecule has 3 rings (SSSR count). The Morgan fingerprint density at radius 2 is 1.48 bits per heavy atom. The summed E-state index contributed by atoms with van der Waals surface area (Å²) in [5, 5.41) is 6.73. The minimum Gasteiger partial charge on any atom is -0.496 e. The lowest BCUT2D eigenvalue weighted by Crippen LogP contribution is -2.43. The summed E-state index contributed by atoms with van der Waals surface area (Å²) in [5.41, 5.74) is 2.21. The van der Waals surface area contributed by atoms with E-state index in [0.717, 1.165) is 38.3 Å². The molecule has 2 aromatic carbocycles. The fraction of sp³-hybridized carbons (Fsp3) is 0.381. The molecule has 0 aliphatic carbocycles. The lowest BCUT2D eigenvalue weighted by Gasteiger charge is -2.33. The normalized spacial score (nSPS) is 15.1. The van der Waals surface area contributed by atoms with Crippen molar-refractivity contribution in [2.75, 3.05) is 47.5 Å². The van der Waals surface area contributed by atoms with Crippen LogP contribution in [0, 0.1) is 0 Å². The van der Waals surface area contributed by atoms with E-state index in [1.807, 2.05) is 18.3 Å². The summed E-state index contributed by atoms with van der Waals surface area (Å²) in [6.45, 7) is 4.78. The van der Waals surface area contributed by atoms with Crippen molar-refractivity contribution in [1.82, 2.24) is 9.91 Å². The summed E-state index contributed by atoms with van der Waals surface area (Å²) in [4.78, 5) is 2.46. The molecule has 27 heavy (non-hydrogen) atoms. The van der Waals surface area contributed by atoms with E-state index in [9.17, 15) is 0 Å². The topological polar surface area (TPSA) is 46.5 Å². The van der Waals surface area contributed by atoms with Crippen LogP contribution in [0.3, 0.4) is 0 Å². The van der Waals surface area contributed by atoms with Gasteiger partial charge >= 0.3 is 0 Å². The highest BCUT2D eigenvalue weighted by Gasteiger charge is 2.16. The van der Waals surface area contributed by atoms with Crippen molar-refractivity contribution < 1.29 is 14.2 Å². The third-order valence-electron chi connectivity index (χ3n) is 4.69. The van der Waals surface area contributed by atoms with Crippen molar-refractivity contribution in [1.29, 1.82) is 0 Å². The van der Waals surface area contributed by atoms with E-state index in [2.05, 4.69) is 45.3 Å². The lowest BCUT2D eigenvalue weighted by atomic mass is 10.2. The monoisotopic (exact) mass is 369 g/mol. The summed E-state index contributed by atoms with van der Waals surface area (Å²) in [5.74, 6) is 2.01. The van der Waals surface area contributed by atoms with E-state index in [-0.39, 0.29) is 0 Å². The lowest BCUT2D eigenvalue weighted by molar-refractivity contribution is 0.131. The highest BCUT2D eigenvalue weighted by atomic mass is 16.5. The van der Waals surface area contributed by atoms with Gasteiger partial charge in [-0.3, -0.25) is 9.91 Å². The zero-order valence-electron chi connectivity index (χ0n) is 16.2. The first kappa shape index (κ1) is 19.0. The van der Waals surface area contributed by atoms with Crippen molar-refractivity contribution in [2.24, 2.45) is 5.10 Å². The van der Waals surface area contributed by atoms with Crippen molar-refractivity contribution in [3.05, 3.63) is 53.6 Å². The summed E-state index contributed by atoms with van der Waals surface area (Å²) < 4.78 is 16.2. The Morgan fingerprint density at radius 1 is 0.852 bits per heavy atom. The number of piperazine rings is 1. The Balaban J connectivity index is 1.60. The van der Waals surface area contributed by atoms with Crippen LogP contribution in [0.15, 0.2) is 47.6 Å². The molecule has 1 aliphatic rings. The fourth-order valence-electron chi connectivity index (χ4n) is 3.15. The average molecular weight is 369 g/mol. The Hall–Kier alpha value is -2.73. The van der Waals surface area contributed by atoms with Crippen LogP contribution >= 0.6 is 0 Å². The number of hydrogen-bond donors (Lipinski definition) is 0. The van der Waals surface area contributed by atoms with Crippen LogP contribution in [0.5, 0.6) is 17.2 Å². The average Bonchev–Trinajstić information content (AvgIpc) is 2.73. The fourth-order valence-corrected chi connectivity index (χ4v) is 3.15. The molecule has 0 bridgehead atoms. The van der Waals surface area contributed by atoms with Gasteiger partial charge < -0.3 is 14.2 Å². The zero-order chi connectivity index (χ0) is 19.1. The van der Waals surface area contributed by atoms with Crippen LogP contribution in [-0.4, -0.2) is 63.6 Å². The second-order valence-electron chi connectivity index (χ2n) is 6.41. The molecule has 6 heteroatoms. The number of rotatable bonds is 7. The van der Waals surface area contributed by atoms with Crippen molar-refractivity contribution in [3.8, 4) is 17.2 Å². The molecule has 0 aromatic heterocycles. The quantitative estimate of drug-likeness (QED) is 0.703. The summed E-state index contributed by atoms with van der Waals surface area (Å²) in [6, 6.07) is 14.3. The highest BCUT2D eigenvalue weighted by molar-refractivity contribution is 5.85. The van der Waals surface area contributed by atoms with E-state index >= 15 is 0 Å². The van der Waals surface area contributed by atoms with Crippen LogP contribution in [0.1, 0.15) is 11.1 Å². The maximum Gasteiger partial charge on any atom is 0.164 e. The van der Waals surface area contributed by atoms with Crippen molar-refractivity contribution >= 4 is 6.21 Å². The summed E-state index contributed by atoms with van der Waals surface area (Å²) >= 11 is 0. The smallest absolute Gasteiger partial charge is 0.164 e. The van der Waals surface area contributed by atoms with Crippen molar-refractivity contribution in [3.63, 3.8) is 0 Å². The molecule has 1 saturated heterocycles. The molecule has 2 aromatic rings. The number of ether oxygens (including phenoxy) is 3. The first-order valence-electron chi connectivity index (χ1n) is 9.08. The van der Waals surface area contributed by atoms with Gasteiger partial charge in [0.25, 0.3) is 0 Å². The van der Waals surface area contributed by atoms with Gasteiger partial charge in [0, 0.05) is 44.4 Å². The molecule has 1 aliphatic heterocycles. The van der Waals surface area contributed by atoms with Gasteiger partial charge in [-0.05, 0) is 11.6 Å². The number of nitrogens with zero attached hydrogens (tertiary/aromatic N) is 3. The van der Waals surface area contributed by atoms with Gasteiger partial charge in [-0.2, -0.15) is 5.10 Å². The highest BCUT2D eigenvalue weighted by Crippen LogP contribution is 2.33. The molecule has 0 spiro atoms. The SMILES string of the molecule is COc1cc(OC)c(OC)cc1/C=N/N1CCN(Cc2ccccc2)CC1. The standard InChI is InChI=1S/C21H27N3O3/c1-25-19-14-21(27-3)20(26-2)13-18(19)15-22-24-11-9-23(10-12-24)16-17-7-5-4-6-8-17/h4-8,13-15H,9-12,16H2,1-3H3/b22-15+. The largest absolute Gasteiger partial charge is 0.496 e. The number of methoxy groups -OCH3 is 3. The van der Waals surface area contributed by atoms with Crippen LogP contribution in [0.25, 0.3) is 0 Å². The van der Waals surface area contributed by atoms with Crippen molar-refractivity contribution in [2.45, 2.75) is 6.54 Å². The molecule has 6 nitrogen and oxygen atoms in total. The first-order chi connectivity index (χ1) is 13.2. The minimum atomic E-state index is 0.640. The van der Waals surface area contributed by atoms with Gasteiger partial charge in [-0.1, -0.05) is 30.3 Å². The molecule has 0 saturated carbocycles. The van der Waals surface area contributed by atoms with Crippen LogP contribution in [-0.2, 0) is 6.54 Å². The number of benzene rings is 2. The molecule has 1 heterocycles. The maximum atomic E-state index is 5.46. The predicted octanol–water partition coefficient (Wildman–Crippen LogP) is 2.86. The van der Waals surface area contributed by atoms with E-state index in [1.165, 1.54) is 5.56 Å². The van der Waals surface area contributed by atoms with E-state index in [0.29, 0.717) is 17.2 Å². The minimum absolute atomic E-state index is 0.640. The molecule has 0 radical (unpaired) electrons. The van der Waals surface area contributed by atoms with Gasteiger partial charge in [-0.15, -0.1) is 0 Å². The van der Waals surface area contributed by atoms with Gasteiger partial charge in [0.1, 0.15) is 5.75 Å². The van der Waals surface area contributed by atoms with Gasteiger partial charge in [-0.25, -0.2) is 0 Å². The van der Waals surface area contributed by atoms with E-state index in [4.69, 9.17) is 14.2 Å². The predicted molar refractivity (Wildman–Crippen MR) is 107 cm³/mol. The molecular formula is C21H27N3O3. The second-order valence-corrected chi connectivity index (χ2v) is 6.41. The molecular weight excluding hydrogens is 342 g/mol. The molecule has 1 fully saturated rings. The Kier molecular flexibility index (Phi) is 6.54. The van der Waals surface area contributed by atoms with E-state index < -0.39 is 0 Å². The van der Waals surface area contributed by atoms with Gasteiger partial charge in [0.15, 0.2) is 11.5 Å². The molecule has 144 valence electrons. The zero-order valence-corrected chi connectivity index (χ0v) is 16.2. The first-order valence-corrected chi connectivity index (χ1v) is 9.08. The molecule has 0 atom stereocenters. The second kappa shape index (κ2) is 9.28. The van der Waals surface area contributed by atoms with E-state index in [1.54, 1.807) is 21.3 Å². The molecule has 0 N–H and O–H groups in total. The summed E-state index contributed by atoms with van der Waals surface area (Å²) in [7, 11) is 4.87. The summed E-state index contributed by atoms with van der Waals surface area (Å²) in [6.07, 6.45) is 1.83. The molecule has 0 unspecified atom stereocenters. The van der Waals surface area contributed by atoms with Crippen LogP contribution in [0.2, 0.25) is 0 Å². The molecule has 0 amide bonds. The van der Waals surface area contributed by atoms with Gasteiger partial charge in [0.05, 0.1) is 27.5 Å². The third-order valence-corrected chi connectivity index (χ3v) is 4.69. The Morgan fingerprint density at radius 3 is 2.11 bits per heavy atom. The third kappa shape index (κ3) is 4.92. The number of hydrazone groups is 1. The number of hydrogen-bond acceptors (Lipinski definition) is 6. The van der Waals surface area contributed by atoms with Gasteiger partial charge in [0.2, 0.25) is 0 Å². The van der Waals surface area contributed by atoms with Crippen LogP contribution in [0.4, 0.5) is 0 Å². The Labute approximate surface area is 160 Å². The van der Waals surface area contributed by atoms with Crippen LogP contribution < -0.4 is 14.2 Å².